The van der Waals surface area contributed by atoms with Gasteiger partial charge in [0.05, 0.1) is 6.54 Å². The molecule has 0 amide bonds. The lowest BCUT2D eigenvalue weighted by Crippen LogP contribution is -2.43. The van der Waals surface area contributed by atoms with E-state index in [1.165, 1.54) is 31.6 Å². The number of imidazole rings is 1. The number of likely N-dealkylation sites (tertiary alicyclic amines) is 1. The first-order valence-corrected chi connectivity index (χ1v) is 8.51. The van der Waals surface area contributed by atoms with Crippen molar-refractivity contribution < 1.29 is 0 Å². The smallest absolute Gasteiger partial charge is 0.122 e. The molecule has 1 aliphatic rings. The number of hydrogen-bond acceptors (Lipinski definition) is 4. The zero-order valence-corrected chi connectivity index (χ0v) is 14.2. The van der Waals surface area contributed by atoms with Gasteiger partial charge in [-0.25, -0.2) is 4.98 Å². The summed E-state index contributed by atoms with van der Waals surface area (Å²) in [7, 11) is 4.29. The van der Waals surface area contributed by atoms with E-state index in [4.69, 9.17) is 0 Å². The second kappa shape index (κ2) is 7.70. The Hall–Kier alpha value is -1.72. The van der Waals surface area contributed by atoms with E-state index in [0.29, 0.717) is 6.04 Å². The fraction of sp³-hybridized carbons (Fsp3) is 0.556. The molecule has 0 unspecified atom stereocenters. The van der Waals surface area contributed by atoms with Crippen molar-refractivity contribution in [2.75, 3.05) is 26.7 Å². The average molecular weight is 313 g/mol. The predicted octanol–water partition coefficient (Wildman–Crippen LogP) is 1.95. The third kappa shape index (κ3) is 4.39. The van der Waals surface area contributed by atoms with Crippen LogP contribution in [0.2, 0.25) is 0 Å². The van der Waals surface area contributed by atoms with Crippen LogP contribution in [0.25, 0.3) is 0 Å². The van der Waals surface area contributed by atoms with Gasteiger partial charge in [0.25, 0.3) is 0 Å². The Morgan fingerprint density at radius 1 is 1.17 bits per heavy atom. The Morgan fingerprint density at radius 3 is 2.65 bits per heavy atom. The molecule has 2 aromatic rings. The number of hydrogen-bond donors (Lipinski definition) is 0. The summed E-state index contributed by atoms with van der Waals surface area (Å²) in [4.78, 5) is 13.9. The highest BCUT2D eigenvalue weighted by Gasteiger charge is 2.22. The van der Waals surface area contributed by atoms with Crippen LogP contribution in [0.1, 0.15) is 24.4 Å². The molecule has 0 saturated carbocycles. The predicted molar refractivity (Wildman–Crippen MR) is 92.1 cm³/mol. The lowest BCUT2D eigenvalue weighted by molar-refractivity contribution is 0.121. The molecule has 1 fully saturated rings. The largest absolute Gasteiger partial charge is 0.337 e. The summed E-state index contributed by atoms with van der Waals surface area (Å²) in [6.07, 6.45) is 9.31. The average Bonchev–Trinajstić information content (AvgIpc) is 2.99. The highest BCUT2D eigenvalue weighted by atomic mass is 15.2. The third-order valence-electron chi connectivity index (χ3n) is 4.90. The van der Waals surface area contributed by atoms with E-state index in [9.17, 15) is 0 Å². The Morgan fingerprint density at radius 2 is 2.00 bits per heavy atom. The van der Waals surface area contributed by atoms with E-state index < -0.39 is 0 Å². The standard InChI is InChI=1S/C18H27N5/c1-21-14-10-20-18(21)15-22(2)17-7-12-23(13-8-17)11-6-16-5-3-4-9-19-16/h3-5,9-10,14,17H,6-8,11-13,15H2,1-2H3. The van der Waals surface area contributed by atoms with Crippen molar-refractivity contribution in [2.24, 2.45) is 7.05 Å². The van der Waals surface area contributed by atoms with Gasteiger partial charge in [-0.3, -0.25) is 9.88 Å². The third-order valence-corrected chi connectivity index (χ3v) is 4.90. The molecule has 0 aliphatic carbocycles. The van der Waals surface area contributed by atoms with Crippen LogP contribution in [0, 0.1) is 0 Å². The summed E-state index contributed by atoms with van der Waals surface area (Å²) in [5.74, 6) is 1.14. The minimum Gasteiger partial charge on any atom is -0.337 e. The fourth-order valence-electron chi connectivity index (χ4n) is 3.30. The molecule has 0 N–H and O–H groups in total. The van der Waals surface area contributed by atoms with E-state index in [0.717, 1.165) is 25.3 Å². The van der Waals surface area contributed by atoms with Crippen molar-refractivity contribution in [3.63, 3.8) is 0 Å². The van der Waals surface area contributed by atoms with E-state index >= 15 is 0 Å². The molecule has 0 spiro atoms. The van der Waals surface area contributed by atoms with Gasteiger partial charge in [0.2, 0.25) is 0 Å². The molecule has 23 heavy (non-hydrogen) atoms. The van der Waals surface area contributed by atoms with Crippen molar-refractivity contribution >= 4 is 0 Å². The summed E-state index contributed by atoms with van der Waals surface area (Å²) in [6.45, 7) is 4.42. The summed E-state index contributed by atoms with van der Waals surface area (Å²) in [5.41, 5.74) is 1.20. The second-order valence-electron chi connectivity index (χ2n) is 6.51. The monoisotopic (exact) mass is 313 g/mol. The number of nitrogens with zero attached hydrogens (tertiary/aromatic N) is 5. The molecule has 0 aromatic carbocycles. The van der Waals surface area contributed by atoms with Crippen LogP contribution in [0.15, 0.2) is 36.8 Å². The molecule has 0 radical (unpaired) electrons. The highest BCUT2D eigenvalue weighted by molar-refractivity contribution is 5.03. The first-order valence-electron chi connectivity index (χ1n) is 8.51. The molecule has 1 saturated heterocycles. The maximum atomic E-state index is 4.43. The lowest BCUT2D eigenvalue weighted by Gasteiger charge is -2.36. The van der Waals surface area contributed by atoms with E-state index in [2.05, 4.69) is 50.6 Å². The number of piperidine rings is 1. The Kier molecular flexibility index (Phi) is 5.41. The summed E-state index contributed by atoms with van der Waals surface area (Å²) >= 11 is 0. The Bertz CT molecular complexity index is 586. The Balaban J connectivity index is 1.42. The van der Waals surface area contributed by atoms with Crippen molar-refractivity contribution in [1.29, 1.82) is 0 Å². The van der Waals surface area contributed by atoms with E-state index in [1.807, 2.05) is 24.7 Å². The Labute approximate surface area is 139 Å². The van der Waals surface area contributed by atoms with Gasteiger partial charge in [-0.1, -0.05) is 6.07 Å². The van der Waals surface area contributed by atoms with Crippen molar-refractivity contribution in [3.8, 4) is 0 Å². The SMILES string of the molecule is CN(Cc1nccn1C)C1CCN(CCc2ccccn2)CC1. The van der Waals surface area contributed by atoms with Gasteiger partial charge < -0.3 is 9.47 Å². The fourth-order valence-corrected chi connectivity index (χ4v) is 3.30. The van der Waals surface area contributed by atoms with Crippen molar-refractivity contribution in [1.82, 2.24) is 24.3 Å². The van der Waals surface area contributed by atoms with Gasteiger partial charge in [0.15, 0.2) is 0 Å². The van der Waals surface area contributed by atoms with Crippen LogP contribution in [0.4, 0.5) is 0 Å². The number of aryl methyl sites for hydroxylation is 1. The molecule has 5 heteroatoms. The van der Waals surface area contributed by atoms with Crippen molar-refractivity contribution in [3.05, 3.63) is 48.3 Å². The van der Waals surface area contributed by atoms with E-state index in [1.54, 1.807) is 0 Å². The zero-order chi connectivity index (χ0) is 16.1. The molecule has 0 atom stereocenters. The summed E-state index contributed by atoms with van der Waals surface area (Å²) in [6, 6.07) is 6.83. The van der Waals surface area contributed by atoms with Crippen molar-refractivity contribution in [2.45, 2.75) is 31.8 Å². The van der Waals surface area contributed by atoms with E-state index in [-0.39, 0.29) is 0 Å². The van der Waals surface area contributed by atoms with Crippen LogP contribution < -0.4 is 0 Å². The lowest BCUT2D eigenvalue weighted by atomic mass is 10.0. The van der Waals surface area contributed by atoms with Crippen LogP contribution in [-0.2, 0) is 20.0 Å². The van der Waals surface area contributed by atoms with Crippen LogP contribution >= 0.6 is 0 Å². The zero-order valence-electron chi connectivity index (χ0n) is 14.2. The normalized spacial score (nSPS) is 17.0. The molecule has 5 nitrogen and oxygen atoms in total. The second-order valence-corrected chi connectivity index (χ2v) is 6.51. The summed E-state index contributed by atoms with van der Waals surface area (Å²) < 4.78 is 2.11. The molecular formula is C18H27N5. The van der Waals surface area contributed by atoms with Gasteiger partial charge in [-0.05, 0) is 45.1 Å². The molecule has 2 aromatic heterocycles. The number of pyridine rings is 1. The van der Waals surface area contributed by atoms with Gasteiger partial charge >= 0.3 is 0 Å². The molecule has 124 valence electrons. The molecular weight excluding hydrogens is 286 g/mol. The van der Waals surface area contributed by atoms with Gasteiger partial charge in [0.1, 0.15) is 5.82 Å². The maximum absolute atomic E-state index is 4.43. The topological polar surface area (TPSA) is 37.2 Å². The molecule has 3 heterocycles. The number of rotatable bonds is 6. The quantitative estimate of drug-likeness (QED) is 0.817. The first kappa shape index (κ1) is 16.1. The minimum absolute atomic E-state index is 0.665. The molecule has 1 aliphatic heterocycles. The van der Waals surface area contributed by atoms with Crippen LogP contribution in [0.3, 0.4) is 0 Å². The number of aromatic nitrogens is 3. The van der Waals surface area contributed by atoms with Crippen LogP contribution in [0.5, 0.6) is 0 Å². The van der Waals surface area contributed by atoms with Gasteiger partial charge in [0, 0.05) is 50.3 Å². The first-order chi connectivity index (χ1) is 11.2. The molecule has 0 bridgehead atoms. The minimum atomic E-state index is 0.665. The van der Waals surface area contributed by atoms with Gasteiger partial charge in [-0.2, -0.15) is 0 Å². The molecule has 3 rings (SSSR count). The summed E-state index contributed by atoms with van der Waals surface area (Å²) in [5, 5.41) is 0. The maximum Gasteiger partial charge on any atom is 0.122 e. The van der Waals surface area contributed by atoms with Crippen LogP contribution in [-0.4, -0.2) is 57.1 Å². The van der Waals surface area contributed by atoms with Gasteiger partial charge in [-0.15, -0.1) is 0 Å². The highest BCUT2D eigenvalue weighted by Crippen LogP contribution is 2.17.